The molecule has 0 saturated carbocycles. The molecule has 0 spiro atoms. The normalized spacial score (nSPS) is 11.4. The fourth-order valence-electron chi connectivity index (χ4n) is 3.13. The van der Waals surface area contributed by atoms with Crippen LogP contribution in [-0.4, -0.2) is 49.8 Å². The van der Waals surface area contributed by atoms with Crippen LogP contribution in [0.5, 0.6) is 0 Å². The second-order valence-electron chi connectivity index (χ2n) is 7.44. The van der Waals surface area contributed by atoms with Crippen molar-refractivity contribution in [3.05, 3.63) is 65.0 Å². The molecule has 10 heteroatoms. The molecule has 1 heterocycles. The molecule has 3 rings (SSSR count). The van der Waals surface area contributed by atoms with E-state index >= 15 is 0 Å². The molecule has 2 aromatic carbocycles. The number of ether oxygens (including phenoxy) is 1. The number of benzene rings is 2. The van der Waals surface area contributed by atoms with E-state index in [4.69, 9.17) is 4.74 Å². The Morgan fingerprint density at radius 2 is 1.74 bits per heavy atom. The van der Waals surface area contributed by atoms with Crippen LogP contribution in [0.15, 0.2) is 59.5 Å². The number of unbranched alkanes of at least 4 members (excludes halogenated alkanes) is 1. The number of carbonyl (C=O) groups is 2. The van der Waals surface area contributed by atoms with Crippen molar-refractivity contribution in [2.45, 2.75) is 31.6 Å². The molecule has 180 valence electrons. The third-order valence-electron chi connectivity index (χ3n) is 5.01. The van der Waals surface area contributed by atoms with Gasteiger partial charge in [-0.15, -0.1) is 0 Å². The summed E-state index contributed by atoms with van der Waals surface area (Å²) < 4.78 is 31.8. The van der Waals surface area contributed by atoms with Crippen molar-refractivity contribution in [1.82, 2.24) is 9.29 Å². The number of thiazole rings is 1. The lowest BCUT2D eigenvalue weighted by molar-refractivity contribution is 0.0532. The number of hydrogen-bond donors (Lipinski definition) is 1. The van der Waals surface area contributed by atoms with Gasteiger partial charge in [0.25, 0.3) is 5.91 Å². The van der Waals surface area contributed by atoms with Gasteiger partial charge < -0.3 is 4.74 Å². The van der Waals surface area contributed by atoms with Crippen LogP contribution in [-0.2, 0) is 14.8 Å². The highest BCUT2D eigenvalue weighted by Gasteiger charge is 2.23. The smallest absolute Gasteiger partial charge is 0.350 e. The van der Waals surface area contributed by atoms with Gasteiger partial charge in [-0.3, -0.25) is 10.1 Å². The Morgan fingerprint density at radius 1 is 1.06 bits per heavy atom. The fourth-order valence-corrected chi connectivity index (χ4v) is 5.21. The van der Waals surface area contributed by atoms with Crippen molar-refractivity contribution in [2.75, 3.05) is 25.5 Å². The summed E-state index contributed by atoms with van der Waals surface area (Å²) in [7, 11) is -2.08. The Morgan fingerprint density at radius 3 is 2.35 bits per heavy atom. The average molecular weight is 502 g/mol. The molecule has 0 unspecified atom stereocenters. The molecule has 0 aliphatic heterocycles. The highest BCUT2D eigenvalue weighted by molar-refractivity contribution is 7.89. The van der Waals surface area contributed by atoms with E-state index in [1.165, 1.54) is 28.6 Å². The van der Waals surface area contributed by atoms with Crippen LogP contribution < -0.4 is 5.32 Å². The topological polar surface area (TPSA) is 106 Å². The highest BCUT2D eigenvalue weighted by Crippen LogP contribution is 2.32. The van der Waals surface area contributed by atoms with Crippen molar-refractivity contribution in [2.24, 2.45) is 0 Å². The molecule has 0 fully saturated rings. The minimum absolute atomic E-state index is 0.118. The third kappa shape index (κ3) is 5.88. The van der Waals surface area contributed by atoms with Crippen molar-refractivity contribution in [3.63, 3.8) is 0 Å². The second kappa shape index (κ2) is 11.4. The third-order valence-corrected chi connectivity index (χ3v) is 7.83. The second-order valence-corrected chi connectivity index (χ2v) is 10.5. The van der Waals surface area contributed by atoms with Crippen molar-refractivity contribution in [3.8, 4) is 11.3 Å². The van der Waals surface area contributed by atoms with Gasteiger partial charge in [0.2, 0.25) is 10.0 Å². The molecule has 0 saturated heterocycles. The molecule has 1 amide bonds. The van der Waals surface area contributed by atoms with Crippen LogP contribution in [0, 0.1) is 0 Å². The summed E-state index contributed by atoms with van der Waals surface area (Å²) in [5.74, 6) is -0.979. The van der Waals surface area contributed by atoms with Crippen LogP contribution in [0.25, 0.3) is 11.3 Å². The SMILES string of the molecule is CCCCN(C)S(=O)(=O)c1ccc(C(=O)Nc2nc(-c3ccccc3)c(C(=O)OCC)s2)cc1. The van der Waals surface area contributed by atoms with Crippen LogP contribution >= 0.6 is 11.3 Å². The van der Waals surface area contributed by atoms with E-state index in [2.05, 4.69) is 10.3 Å². The number of rotatable bonds is 10. The Hall–Kier alpha value is -3.08. The van der Waals surface area contributed by atoms with E-state index in [1.54, 1.807) is 14.0 Å². The fraction of sp³-hybridized carbons (Fsp3) is 0.292. The quantitative estimate of drug-likeness (QED) is 0.405. The Bertz CT molecular complexity index is 1240. The van der Waals surface area contributed by atoms with E-state index in [0.29, 0.717) is 17.1 Å². The van der Waals surface area contributed by atoms with E-state index < -0.39 is 21.9 Å². The molecule has 0 aliphatic carbocycles. The maximum absolute atomic E-state index is 12.8. The van der Waals surface area contributed by atoms with Crippen LogP contribution in [0.1, 0.15) is 46.7 Å². The van der Waals surface area contributed by atoms with Gasteiger partial charge in [-0.2, -0.15) is 0 Å². The maximum atomic E-state index is 12.8. The maximum Gasteiger partial charge on any atom is 0.350 e. The molecule has 3 aromatic rings. The van der Waals surface area contributed by atoms with Gasteiger partial charge in [-0.25, -0.2) is 22.5 Å². The first-order chi connectivity index (χ1) is 16.3. The van der Waals surface area contributed by atoms with Gasteiger partial charge in [0.1, 0.15) is 4.88 Å². The van der Waals surface area contributed by atoms with Gasteiger partial charge in [-0.05, 0) is 37.6 Å². The summed E-state index contributed by atoms with van der Waals surface area (Å²) >= 11 is 1.02. The molecule has 0 bridgehead atoms. The Kier molecular flexibility index (Phi) is 8.54. The first-order valence-electron chi connectivity index (χ1n) is 10.9. The molecule has 0 radical (unpaired) electrons. The summed E-state index contributed by atoms with van der Waals surface area (Å²) in [6, 6.07) is 14.9. The summed E-state index contributed by atoms with van der Waals surface area (Å²) in [6.45, 7) is 4.36. The van der Waals surface area contributed by atoms with Gasteiger partial charge in [-0.1, -0.05) is 55.0 Å². The summed E-state index contributed by atoms with van der Waals surface area (Å²) in [4.78, 5) is 30.1. The first-order valence-corrected chi connectivity index (χ1v) is 13.1. The number of sulfonamides is 1. The molecule has 34 heavy (non-hydrogen) atoms. The molecule has 1 aromatic heterocycles. The zero-order valence-electron chi connectivity index (χ0n) is 19.3. The lowest BCUT2D eigenvalue weighted by Gasteiger charge is -2.16. The minimum atomic E-state index is -3.62. The average Bonchev–Trinajstić information content (AvgIpc) is 3.27. The summed E-state index contributed by atoms with van der Waals surface area (Å²) in [5, 5.41) is 2.93. The largest absolute Gasteiger partial charge is 0.462 e. The number of esters is 1. The Labute approximate surface area is 203 Å². The predicted octanol–water partition coefficient (Wildman–Crippen LogP) is 4.66. The Balaban J connectivity index is 1.81. The molecule has 8 nitrogen and oxygen atoms in total. The number of nitrogens with zero attached hydrogens (tertiary/aromatic N) is 2. The van der Waals surface area contributed by atoms with Gasteiger partial charge >= 0.3 is 5.97 Å². The molecule has 1 N–H and O–H groups in total. The van der Waals surface area contributed by atoms with Gasteiger partial charge in [0.15, 0.2) is 5.13 Å². The number of amides is 1. The number of carbonyl (C=O) groups excluding carboxylic acids is 2. The molecule has 0 aliphatic rings. The standard InChI is InChI=1S/C24H27N3O5S2/c1-4-6-16-27(3)34(30,31)19-14-12-18(13-15-19)22(28)26-24-25-20(17-10-8-7-9-11-17)21(33-24)23(29)32-5-2/h7-15H,4-6,16H2,1-3H3,(H,25,26,28). The number of aromatic nitrogens is 1. The lowest BCUT2D eigenvalue weighted by atomic mass is 10.1. The monoisotopic (exact) mass is 501 g/mol. The molecular weight excluding hydrogens is 474 g/mol. The van der Waals surface area contributed by atoms with E-state index in [-0.39, 0.29) is 22.2 Å². The zero-order chi connectivity index (χ0) is 24.7. The van der Waals surface area contributed by atoms with Gasteiger partial charge in [0.05, 0.1) is 17.2 Å². The van der Waals surface area contributed by atoms with Crippen LogP contribution in [0.2, 0.25) is 0 Å². The molecular formula is C24H27N3O5S2. The number of anilines is 1. The van der Waals surface area contributed by atoms with E-state index in [0.717, 1.165) is 29.7 Å². The van der Waals surface area contributed by atoms with Crippen molar-refractivity contribution >= 4 is 38.4 Å². The van der Waals surface area contributed by atoms with E-state index in [1.807, 2.05) is 37.3 Å². The number of nitrogens with one attached hydrogen (secondary N) is 1. The first kappa shape index (κ1) is 25.5. The predicted molar refractivity (Wildman–Crippen MR) is 133 cm³/mol. The van der Waals surface area contributed by atoms with Crippen LogP contribution in [0.4, 0.5) is 5.13 Å². The van der Waals surface area contributed by atoms with E-state index in [9.17, 15) is 18.0 Å². The van der Waals surface area contributed by atoms with Crippen molar-refractivity contribution in [1.29, 1.82) is 0 Å². The molecule has 0 atom stereocenters. The van der Waals surface area contributed by atoms with Crippen molar-refractivity contribution < 1.29 is 22.7 Å². The minimum Gasteiger partial charge on any atom is -0.462 e. The van der Waals surface area contributed by atoms with Crippen LogP contribution in [0.3, 0.4) is 0 Å². The summed E-state index contributed by atoms with van der Waals surface area (Å²) in [6.07, 6.45) is 1.66. The summed E-state index contributed by atoms with van der Waals surface area (Å²) in [5.41, 5.74) is 1.42. The number of hydrogen-bond acceptors (Lipinski definition) is 7. The highest BCUT2D eigenvalue weighted by atomic mass is 32.2. The zero-order valence-corrected chi connectivity index (χ0v) is 20.9. The lowest BCUT2D eigenvalue weighted by Crippen LogP contribution is -2.28. The van der Waals surface area contributed by atoms with Gasteiger partial charge in [0, 0.05) is 24.7 Å².